The van der Waals surface area contributed by atoms with Crippen LogP contribution >= 0.6 is 11.6 Å². The first-order valence-electron chi connectivity index (χ1n) is 12.6. The van der Waals surface area contributed by atoms with Crippen LogP contribution in [-0.4, -0.2) is 53.4 Å². The molecule has 1 aliphatic heterocycles. The van der Waals surface area contributed by atoms with Crippen LogP contribution in [0.15, 0.2) is 41.3 Å². The summed E-state index contributed by atoms with van der Waals surface area (Å²) in [7, 11) is -3.63. The third-order valence-electron chi connectivity index (χ3n) is 6.78. The summed E-state index contributed by atoms with van der Waals surface area (Å²) in [4.78, 5) is 6.19. The number of likely N-dealkylation sites (tertiary alicyclic amines) is 1. The fourth-order valence-corrected chi connectivity index (χ4v) is 6.66. The first-order valence-corrected chi connectivity index (χ1v) is 14.5. The minimum absolute atomic E-state index is 0.00241. The molecule has 0 unspecified atom stereocenters. The Balaban J connectivity index is 1.54. The molecule has 0 atom stereocenters. The van der Waals surface area contributed by atoms with Gasteiger partial charge in [-0.05, 0) is 74.1 Å². The lowest BCUT2D eigenvalue weighted by Gasteiger charge is -2.33. The number of piperidine rings is 1. The average molecular weight is 585 g/mol. The topological polar surface area (TPSA) is 117 Å². The van der Waals surface area contributed by atoms with Crippen LogP contribution in [0.5, 0.6) is 0 Å². The molecule has 13 heteroatoms. The number of nitrogens with zero attached hydrogens (tertiary/aromatic N) is 3. The number of hydrogen-bond donors (Lipinski definition) is 3. The molecule has 212 valence electrons. The van der Waals surface area contributed by atoms with Gasteiger partial charge >= 0.3 is 6.18 Å². The zero-order valence-corrected chi connectivity index (χ0v) is 23.5. The SMILES string of the molecule is CC(C)(C)CCN1CCC(S(=O)(=O)c2ccc(-c3c(Cl)cc(Nc4n[nH]c(N)n4)cc3C(F)(F)F)cc2)CC1. The molecule has 1 saturated heterocycles. The number of sulfone groups is 1. The van der Waals surface area contributed by atoms with Gasteiger partial charge in [-0.1, -0.05) is 44.5 Å². The number of nitrogens with one attached hydrogen (secondary N) is 2. The van der Waals surface area contributed by atoms with E-state index in [2.05, 4.69) is 46.2 Å². The van der Waals surface area contributed by atoms with Gasteiger partial charge in [-0.3, -0.25) is 0 Å². The minimum Gasteiger partial charge on any atom is -0.368 e. The van der Waals surface area contributed by atoms with E-state index in [4.69, 9.17) is 17.3 Å². The van der Waals surface area contributed by atoms with Crippen LogP contribution in [0.25, 0.3) is 11.1 Å². The molecule has 39 heavy (non-hydrogen) atoms. The molecule has 3 aromatic rings. The summed E-state index contributed by atoms with van der Waals surface area (Å²) in [5.74, 6) is -0.0172. The van der Waals surface area contributed by atoms with Crippen LogP contribution in [0.3, 0.4) is 0 Å². The smallest absolute Gasteiger partial charge is 0.368 e. The van der Waals surface area contributed by atoms with Crippen molar-refractivity contribution in [3.63, 3.8) is 0 Å². The molecule has 1 aromatic heterocycles. The molecule has 0 bridgehead atoms. The number of benzene rings is 2. The Labute approximate surface area is 231 Å². The molecule has 1 fully saturated rings. The highest BCUT2D eigenvalue weighted by Crippen LogP contribution is 2.43. The fourth-order valence-electron chi connectivity index (χ4n) is 4.60. The van der Waals surface area contributed by atoms with E-state index in [1.165, 1.54) is 30.3 Å². The van der Waals surface area contributed by atoms with Crippen LogP contribution in [0.4, 0.5) is 30.8 Å². The van der Waals surface area contributed by atoms with Gasteiger partial charge in [0.25, 0.3) is 0 Å². The maximum Gasteiger partial charge on any atom is 0.417 e. The molecule has 2 heterocycles. The van der Waals surface area contributed by atoms with Gasteiger partial charge < -0.3 is 16.0 Å². The second kappa shape index (κ2) is 11.0. The van der Waals surface area contributed by atoms with Gasteiger partial charge in [-0.15, -0.1) is 5.10 Å². The third kappa shape index (κ3) is 7.03. The number of halogens is 4. The largest absolute Gasteiger partial charge is 0.417 e. The minimum atomic E-state index is -4.74. The van der Waals surface area contributed by atoms with E-state index in [-0.39, 0.29) is 44.0 Å². The van der Waals surface area contributed by atoms with Gasteiger partial charge in [0.1, 0.15) is 0 Å². The Morgan fingerprint density at radius 3 is 2.31 bits per heavy atom. The number of anilines is 3. The van der Waals surface area contributed by atoms with Crippen molar-refractivity contribution in [2.75, 3.05) is 30.7 Å². The third-order valence-corrected chi connectivity index (χ3v) is 9.35. The van der Waals surface area contributed by atoms with Gasteiger partial charge in [0.15, 0.2) is 9.84 Å². The van der Waals surface area contributed by atoms with Gasteiger partial charge in [0.05, 0.1) is 20.7 Å². The number of hydrogen-bond acceptors (Lipinski definition) is 7. The van der Waals surface area contributed by atoms with E-state index in [0.29, 0.717) is 25.9 Å². The Bertz CT molecular complexity index is 1410. The van der Waals surface area contributed by atoms with Crippen molar-refractivity contribution in [1.29, 1.82) is 0 Å². The Hall–Kier alpha value is -2.83. The van der Waals surface area contributed by atoms with Crippen LogP contribution in [0.2, 0.25) is 5.02 Å². The summed E-state index contributed by atoms with van der Waals surface area (Å²) in [5, 5.41) is 8.08. The van der Waals surface area contributed by atoms with Crippen molar-refractivity contribution in [3.8, 4) is 11.1 Å². The van der Waals surface area contributed by atoms with E-state index in [1.807, 2.05) is 0 Å². The van der Waals surface area contributed by atoms with E-state index in [9.17, 15) is 21.6 Å². The summed E-state index contributed by atoms with van der Waals surface area (Å²) in [6.07, 6.45) is -2.67. The number of nitrogens with two attached hydrogens (primary N) is 1. The lowest BCUT2D eigenvalue weighted by atomic mass is 9.92. The monoisotopic (exact) mass is 584 g/mol. The number of nitrogen functional groups attached to an aromatic ring is 1. The fraction of sp³-hybridized carbons (Fsp3) is 0.462. The van der Waals surface area contributed by atoms with Gasteiger partial charge in [-0.25, -0.2) is 13.5 Å². The molecular formula is C26H32ClF3N6O2S. The number of rotatable bonds is 7. The molecular weight excluding hydrogens is 553 g/mol. The zero-order chi connectivity index (χ0) is 28.6. The normalized spacial score (nSPS) is 16.0. The highest BCUT2D eigenvalue weighted by atomic mass is 35.5. The molecule has 0 spiro atoms. The van der Waals surface area contributed by atoms with Gasteiger partial charge in [0, 0.05) is 11.3 Å². The summed E-state index contributed by atoms with van der Waals surface area (Å²) in [6.45, 7) is 8.86. The van der Waals surface area contributed by atoms with E-state index < -0.39 is 26.8 Å². The van der Waals surface area contributed by atoms with Crippen LogP contribution < -0.4 is 11.1 Å². The Morgan fingerprint density at radius 2 is 1.77 bits per heavy atom. The summed E-state index contributed by atoms with van der Waals surface area (Å²) >= 11 is 6.33. The molecule has 4 rings (SSSR count). The molecule has 0 saturated carbocycles. The Morgan fingerprint density at radius 1 is 1.13 bits per heavy atom. The van der Waals surface area contributed by atoms with Gasteiger partial charge in [0.2, 0.25) is 11.9 Å². The van der Waals surface area contributed by atoms with Crippen LogP contribution in [0, 0.1) is 5.41 Å². The highest BCUT2D eigenvalue weighted by molar-refractivity contribution is 7.92. The molecule has 1 aliphatic rings. The lowest BCUT2D eigenvalue weighted by Crippen LogP contribution is -2.40. The maximum absolute atomic E-state index is 14.1. The second-order valence-electron chi connectivity index (χ2n) is 11.0. The zero-order valence-electron chi connectivity index (χ0n) is 21.9. The van der Waals surface area contributed by atoms with Crippen molar-refractivity contribution < 1.29 is 21.6 Å². The summed E-state index contributed by atoms with van der Waals surface area (Å²) < 4.78 is 68.8. The quantitative estimate of drug-likeness (QED) is 0.305. The predicted molar refractivity (Wildman–Crippen MR) is 147 cm³/mol. The van der Waals surface area contributed by atoms with E-state index >= 15 is 0 Å². The molecule has 0 aliphatic carbocycles. The molecule has 0 amide bonds. The molecule has 4 N–H and O–H groups in total. The highest BCUT2D eigenvalue weighted by Gasteiger charge is 2.36. The van der Waals surface area contributed by atoms with Crippen LogP contribution in [-0.2, 0) is 16.0 Å². The van der Waals surface area contributed by atoms with Crippen molar-refractivity contribution in [3.05, 3.63) is 47.0 Å². The molecule has 2 aromatic carbocycles. The lowest BCUT2D eigenvalue weighted by molar-refractivity contribution is -0.137. The molecule has 8 nitrogen and oxygen atoms in total. The van der Waals surface area contributed by atoms with Crippen molar-refractivity contribution >= 4 is 39.0 Å². The summed E-state index contributed by atoms with van der Waals surface area (Å²) in [6, 6.07) is 7.66. The van der Waals surface area contributed by atoms with Crippen molar-refractivity contribution in [2.24, 2.45) is 5.41 Å². The first-order chi connectivity index (χ1) is 18.1. The van der Waals surface area contributed by atoms with Crippen molar-refractivity contribution in [1.82, 2.24) is 20.1 Å². The number of alkyl halides is 3. The number of aromatic nitrogens is 3. The standard InChI is InChI=1S/C26H32ClF3N6O2S/c1-25(2,3)10-13-36-11-8-19(9-12-36)39(37,38)18-6-4-16(5-7-18)22-20(26(28,29)30)14-17(15-21(22)27)32-24-33-23(31)34-35-24/h4-7,14-15,19H,8-13H2,1-3H3,(H4,31,32,33,34,35). The van der Waals surface area contributed by atoms with Gasteiger partial charge in [-0.2, -0.15) is 18.2 Å². The maximum atomic E-state index is 14.1. The predicted octanol–water partition coefficient (Wildman–Crippen LogP) is 6.14. The van der Waals surface area contributed by atoms with Crippen LogP contribution in [0.1, 0.15) is 45.6 Å². The molecule has 0 radical (unpaired) electrons. The van der Waals surface area contributed by atoms with E-state index in [0.717, 1.165) is 19.0 Å². The first kappa shape index (κ1) is 29.2. The Kier molecular flexibility index (Phi) is 8.21. The summed E-state index contributed by atoms with van der Waals surface area (Å²) in [5.41, 5.74) is 4.60. The number of H-pyrrole nitrogens is 1. The average Bonchev–Trinajstić information content (AvgIpc) is 3.26. The second-order valence-corrected chi connectivity index (χ2v) is 13.6. The number of aromatic amines is 1. The van der Waals surface area contributed by atoms with E-state index in [1.54, 1.807) is 0 Å². The van der Waals surface area contributed by atoms with Crippen molar-refractivity contribution in [2.45, 2.75) is 56.4 Å².